The van der Waals surface area contributed by atoms with Gasteiger partial charge in [0.15, 0.2) is 0 Å². The van der Waals surface area contributed by atoms with Gasteiger partial charge in [0.25, 0.3) is 0 Å². The molecule has 25 heavy (non-hydrogen) atoms. The van der Waals surface area contributed by atoms with Gasteiger partial charge in [0.2, 0.25) is 0 Å². The Morgan fingerprint density at radius 3 is 2.76 bits per heavy atom. The van der Waals surface area contributed by atoms with E-state index in [4.69, 9.17) is 0 Å². The lowest BCUT2D eigenvalue weighted by atomic mass is 10.1. The Kier molecular flexibility index (Phi) is 9.08. The van der Waals surface area contributed by atoms with Crippen LogP contribution in [0.5, 0.6) is 0 Å². The summed E-state index contributed by atoms with van der Waals surface area (Å²) in [6, 6.07) is 8.82. The van der Waals surface area contributed by atoms with Crippen LogP contribution < -0.4 is 10.2 Å². The number of nitrogens with one attached hydrogen (secondary N) is 1. The summed E-state index contributed by atoms with van der Waals surface area (Å²) < 4.78 is 1.43. The number of rotatable bonds is 10. The van der Waals surface area contributed by atoms with E-state index in [1.165, 1.54) is 20.5 Å². The van der Waals surface area contributed by atoms with Gasteiger partial charge in [-0.2, -0.15) is 0 Å². The fraction of sp³-hybridized carbons (Fsp3) is 0.476. The molecule has 136 valence electrons. The van der Waals surface area contributed by atoms with E-state index in [9.17, 15) is 0 Å². The van der Waals surface area contributed by atoms with Crippen LogP contribution in [0.1, 0.15) is 38.2 Å². The quantitative estimate of drug-likeness (QED) is 0.388. The molecule has 1 aliphatic rings. The van der Waals surface area contributed by atoms with Crippen LogP contribution in [-0.2, 0) is 0 Å². The predicted octanol–water partition coefficient (Wildman–Crippen LogP) is 5.26. The third-order valence-corrected chi connectivity index (χ3v) is 5.06. The largest absolute Gasteiger partial charge is 0.389 e. The van der Waals surface area contributed by atoms with Gasteiger partial charge in [-0.1, -0.05) is 30.7 Å². The van der Waals surface area contributed by atoms with Crippen LogP contribution in [0.15, 0.2) is 51.2 Å². The standard InChI is InChI=1S/C21H30IN3/c1-3-15-25(21-9-7-18(2)8-10-21)16-14-23-12-5-4-6-20-17-19(22)11-13-24-20/h5,7-10,12,17,23H,3-4,6,11,13-16H2,1-2H3/b12-5+. The maximum absolute atomic E-state index is 4.57. The Morgan fingerprint density at radius 2 is 2.04 bits per heavy atom. The highest BCUT2D eigenvalue weighted by Gasteiger charge is 2.04. The maximum atomic E-state index is 4.57. The summed E-state index contributed by atoms with van der Waals surface area (Å²) in [5.74, 6) is 0. The van der Waals surface area contributed by atoms with Gasteiger partial charge >= 0.3 is 0 Å². The molecular formula is C21H30IN3. The number of hydrogen-bond acceptors (Lipinski definition) is 3. The lowest BCUT2D eigenvalue weighted by Crippen LogP contribution is -2.31. The van der Waals surface area contributed by atoms with Crippen molar-refractivity contribution in [3.05, 3.63) is 51.8 Å². The molecule has 0 saturated heterocycles. The number of halogens is 1. The molecule has 0 fully saturated rings. The first-order valence-corrected chi connectivity index (χ1v) is 10.4. The monoisotopic (exact) mass is 451 g/mol. The molecule has 3 nitrogen and oxygen atoms in total. The number of dihydropyridines is 1. The minimum Gasteiger partial charge on any atom is -0.389 e. The molecule has 0 saturated carbocycles. The maximum Gasteiger partial charge on any atom is 0.0437 e. The molecule has 2 rings (SSSR count). The Labute approximate surface area is 166 Å². The van der Waals surface area contributed by atoms with E-state index in [0.717, 1.165) is 51.9 Å². The second-order valence-corrected chi connectivity index (χ2v) is 7.82. The molecule has 1 N–H and O–H groups in total. The number of aryl methyl sites for hydroxylation is 1. The SMILES string of the molecule is CCCN(CCN/C=C/CCC1=NCCC(I)=C1)c1ccc(C)cc1. The van der Waals surface area contributed by atoms with Gasteiger partial charge in [0.05, 0.1) is 0 Å². The number of nitrogens with zero attached hydrogens (tertiary/aromatic N) is 2. The number of aliphatic imine (C=N–C) groups is 1. The van der Waals surface area contributed by atoms with Gasteiger partial charge in [-0.05, 0) is 83.2 Å². The van der Waals surface area contributed by atoms with Crippen LogP contribution in [0, 0.1) is 6.92 Å². The van der Waals surface area contributed by atoms with Crippen LogP contribution in [-0.4, -0.2) is 31.9 Å². The average molecular weight is 451 g/mol. The lowest BCUT2D eigenvalue weighted by molar-refractivity contribution is 0.724. The van der Waals surface area contributed by atoms with Crippen molar-refractivity contribution >= 4 is 34.0 Å². The molecule has 1 aromatic rings. The van der Waals surface area contributed by atoms with E-state index >= 15 is 0 Å². The summed E-state index contributed by atoms with van der Waals surface area (Å²) in [6.45, 7) is 8.41. The summed E-state index contributed by atoms with van der Waals surface area (Å²) in [5, 5.41) is 3.42. The van der Waals surface area contributed by atoms with Crippen molar-refractivity contribution in [1.29, 1.82) is 0 Å². The molecule has 1 aliphatic heterocycles. The van der Waals surface area contributed by atoms with Gasteiger partial charge in [0, 0.05) is 37.6 Å². The van der Waals surface area contributed by atoms with Crippen LogP contribution in [0.25, 0.3) is 0 Å². The number of allylic oxidation sites excluding steroid dienone is 2. The van der Waals surface area contributed by atoms with Crippen molar-refractivity contribution in [2.24, 2.45) is 4.99 Å². The minimum atomic E-state index is 0.957. The molecule has 0 radical (unpaired) electrons. The van der Waals surface area contributed by atoms with Crippen molar-refractivity contribution in [2.75, 3.05) is 31.1 Å². The number of anilines is 1. The number of benzene rings is 1. The molecule has 4 heteroatoms. The number of hydrogen-bond donors (Lipinski definition) is 1. The van der Waals surface area contributed by atoms with Gasteiger partial charge < -0.3 is 10.2 Å². The van der Waals surface area contributed by atoms with Gasteiger partial charge in [-0.25, -0.2) is 0 Å². The lowest BCUT2D eigenvalue weighted by Gasteiger charge is -2.24. The Hall–Kier alpha value is -1.30. The van der Waals surface area contributed by atoms with Crippen molar-refractivity contribution in [1.82, 2.24) is 5.32 Å². The molecular weight excluding hydrogens is 421 g/mol. The van der Waals surface area contributed by atoms with Crippen LogP contribution >= 0.6 is 22.6 Å². The third-order valence-electron chi connectivity index (χ3n) is 4.21. The van der Waals surface area contributed by atoms with E-state index in [1.54, 1.807) is 0 Å². The Bertz CT molecular complexity index is 602. The summed E-state index contributed by atoms with van der Waals surface area (Å²) in [6.07, 6.45) is 10.9. The van der Waals surface area contributed by atoms with Gasteiger partial charge in [0.1, 0.15) is 0 Å². The highest BCUT2D eigenvalue weighted by Crippen LogP contribution is 2.17. The highest BCUT2D eigenvalue weighted by atomic mass is 127. The van der Waals surface area contributed by atoms with E-state index in [0.29, 0.717) is 0 Å². The van der Waals surface area contributed by atoms with Crippen molar-refractivity contribution < 1.29 is 0 Å². The van der Waals surface area contributed by atoms with Gasteiger partial charge in [-0.15, -0.1) is 0 Å². The van der Waals surface area contributed by atoms with Crippen molar-refractivity contribution in [3.63, 3.8) is 0 Å². The first kappa shape index (κ1) is 20.0. The minimum absolute atomic E-state index is 0.957. The smallest absolute Gasteiger partial charge is 0.0437 e. The summed E-state index contributed by atoms with van der Waals surface area (Å²) in [5.41, 5.74) is 3.87. The van der Waals surface area contributed by atoms with Crippen LogP contribution in [0.4, 0.5) is 5.69 Å². The summed E-state index contributed by atoms with van der Waals surface area (Å²) >= 11 is 2.42. The zero-order valence-electron chi connectivity index (χ0n) is 15.5. The first-order valence-electron chi connectivity index (χ1n) is 9.28. The molecule has 1 aromatic carbocycles. The zero-order chi connectivity index (χ0) is 17.9. The average Bonchev–Trinajstić information content (AvgIpc) is 2.61. The summed E-state index contributed by atoms with van der Waals surface area (Å²) in [7, 11) is 0. The molecule has 0 spiro atoms. The third kappa shape index (κ3) is 7.63. The van der Waals surface area contributed by atoms with Crippen molar-refractivity contribution in [3.8, 4) is 0 Å². The molecule has 0 aromatic heterocycles. The fourth-order valence-electron chi connectivity index (χ4n) is 2.83. The Balaban J connectivity index is 1.67. The van der Waals surface area contributed by atoms with Gasteiger partial charge in [-0.3, -0.25) is 4.99 Å². The molecule has 0 aliphatic carbocycles. The Morgan fingerprint density at radius 1 is 1.24 bits per heavy atom. The molecule has 1 heterocycles. The normalized spacial score (nSPS) is 14.4. The van der Waals surface area contributed by atoms with E-state index < -0.39 is 0 Å². The zero-order valence-corrected chi connectivity index (χ0v) is 17.6. The van der Waals surface area contributed by atoms with Crippen LogP contribution in [0.3, 0.4) is 0 Å². The fourth-order valence-corrected chi connectivity index (χ4v) is 3.43. The second-order valence-electron chi connectivity index (χ2n) is 6.43. The molecule has 0 amide bonds. The van der Waals surface area contributed by atoms with E-state index in [-0.39, 0.29) is 0 Å². The van der Waals surface area contributed by atoms with Crippen LogP contribution in [0.2, 0.25) is 0 Å². The van der Waals surface area contributed by atoms with E-state index in [2.05, 4.69) is 94.3 Å². The topological polar surface area (TPSA) is 27.6 Å². The highest BCUT2D eigenvalue weighted by molar-refractivity contribution is 14.1. The summed E-state index contributed by atoms with van der Waals surface area (Å²) in [4.78, 5) is 7.02. The second kappa shape index (κ2) is 11.3. The molecule has 0 bridgehead atoms. The first-order chi connectivity index (χ1) is 12.2. The van der Waals surface area contributed by atoms with Crippen molar-refractivity contribution in [2.45, 2.75) is 39.5 Å². The molecule has 0 unspecified atom stereocenters. The van der Waals surface area contributed by atoms with E-state index in [1.807, 2.05) is 0 Å². The predicted molar refractivity (Wildman–Crippen MR) is 119 cm³/mol. The molecule has 0 atom stereocenters.